The molecule has 2 aromatic carbocycles. The Balaban J connectivity index is 1.78. The summed E-state index contributed by atoms with van der Waals surface area (Å²) in [6.45, 7) is 2.32. The van der Waals surface area contributed by atoms with E-state index in [0.717, 1.165) is 35.3 Å². The lowest BCUT2D eigenvalue weighted by atomic mass is 9.89. The van der Waals surface area contributed by atoms with Gasteiger partial charge in [-0.25, -0.2) is 0 Å². The van der Waals surface area contributed by atoms with Gasteiger partial charge in [0.05, 0.1) is 17.7 Å². The molecule has 0 saturated heterocycles. The topological polar surface area (TPSA) is 33.0 Å². The zero-order valence-electron chi connectivity index (χ0n) is 11.8. The molecule has 2 aromatic rings. The number of ether oxygens (including phenoxy) is 1. The fraction of sp³-hybridized carbons (Fsp3) is 0.389. The van der Waals surface area contributed by atoms with Crippen LogP contribution in [0.25, 0.3) is 10.8 Å². The molecule has 1 fully saturated rings. The highest BCUT2D eigenvalue weighted by Gasteiger charge is 2.19. The number of hydrogen-bond acceptors (Lipinski definition) is 2. The van der Waals surface area contributed by atoms with Crippen molar-refractivity contribution >= 4 is 10.8 Å². The first-order chi connectivity index (χ1) is 9.74. The summed E-state index contributed by atoms with van der Waals surface area (Å²) >= 11 is 0. The highest BCUT2D eigenvalue weighted by molar-refractivity contribution is 5.85. The fourth-order valence-corrected chi connectivity index (χ4v) is 2.91. The van der Waals surface area contributed by atoms with Gasteiger partial charge in [-0.3, -0.25) is 0 Å². The Bertz CT molecular complexity index is 648. The van der Waals surface area contributed by atoms with E-state index in [1.54, 1.807) is 0 Å². The summed E-state index contributed by atoms with van der Waals surface area (Å²) in [5.41, 5.74) is 0.701. The Morgan fingerprint density at radius 2 is 1.70 bits per heavy atom. The Kier molecular flexibility index (Phi) is 3.60. The van der Waals surface area contributed by atoms with E-state index in [4.69, 9.17) is 10.00 Å². The van der Waals surface area contributed by atoms with Crippen molar-refractivity contribution in [1.82, 2.24) is 0 Å². The summed E-state index contributed by atoms with van der Waals surface area (Å²) in [7, 11) is 0. The second-order valence-electron chi connectivity index (χ2n) is 5.84. The Labute approximate surface area is 120 Å². The minimum atomic E-state index is 0.363. The van der Waals surface area contributed by atoms with E-state index in [1.165, 1.54) is 12.8 Å². The minimum absolute atomic E-state index is 0.363. The van der Waals surface area contributed by atoms with Crippen LogP contribution in [0.15, 0.2) is 36.4 Å². The SMILES string of the molecule is C[C@H]1CC[C@@H](Oc2ccc3cc(C#N)ccc3c2)CC1. The first kappa shape index (κ1) is 13.0. The molecule has 0 aliphatic heterocycles. The summed E-state index contributed by atoms with van der Waals surface area (Å²) in [6, 6.07) is 14.1. The molecule has 0 spiro atoms. The van der Waals surface area contributed by atoms with Gasteiger partial charge in [0.2, 0.25) is 0 Å². The Morgan fingerprint density at radius 3 is 2.45 bits per heavy atom. The molecule has 3 rings (SSSR count). The summed E-state index contributed by atoms with van der Waals surface area (Å²) in [6.07, 6.45) is 5.22. The molecule has 2 heteroatoms. The van der Waals surface area contributed by atoms with Crippen molar-refractivity contribution in [2.24, 2.45) is 5.92 Å². The number of nitrogens with zero attached hydrogens (tertiary/aromatic N) is 1. The average molecular weight is 265 g/mol. The summed E-state index contributed by atoms with van der Waals surface area (Å²) in [4.78, 5) is 0. The largest absolute Gasteiger partial charge is 0.490 e. The van der Waals surface area contributed by atoms with Crippen LogP contribution in [0.3, 0.4) is 0 Å². The maximum Gasteiger partial charge on any atom is 0.120 e. The van der Waals surface area contributed by atoms with Crippen molar-refractivity contribution in [3.8, 4) is 11.8 Å². The van der Waals surface area contributed by atoms with Crippen molar-refractivity contribution < 1.29 is 4.74 Å². The van der Waals surface area contributed by atoms with Gasteiger partial charge in [-0.1, -0.05) is 19.1 Å². The van der Waals surface area contributed by atoms with Gasteiger partial charge in [-0.05, 0) is 66.6 Å². The molecule has 0 N–H and O–H groups in total. The molecular formula is C18H19NO. The lowest BCUT2D eigenvalue weighted by Gasteiger charge is -2.27. The molecule has 0 bridgehead atoms. The molecule has 0 radical (unpaired) electrons. The van der Waals surface area contributed by atoms with Crippen molar-refractivity contribution in [3.63, 3.8) is 0 Å². The standard InChI is InChI=1S/C18H19NO/c1-13-2-7-17(8-3-13)20-18-9-6-15-10-14(12-19)4-5-16(15)11-18/h4-6,9-11,13,17H,2-3,7-8H2,1H3/t13-,17+. The maximum atomic E-state index is 8.91. The third-order valence-electron chi connectivity index (χ3n) is 4.21. The van der Waals surface area contributed by atoms with E-state index < -0.39 is 0 Å². The van der Waals surface area contributed by atoms with Crippen LogP contribution in [0.1, 0.15) is 38.2 Å². The van der Waals surface area contributed by atoms with Crippen LogP contribution < -0.4 is 4.74 Å². The first-order valence-corrected chi connectivity index (χ1v) is 7.35. The quantitative estimate of drug-likeness (QED) is 0.790. The molecule has 0 amide bonds. The van der Waals surface area contributed by atoms with Gasteiger partial charge in [0.15, 0.2) is 0 Å². The van der Waals surface area contributed by atoms with Crippen LogP contribution in [0, 0.1) is 17.2 Å². The molecule has 0 unspecified atom stereocenters. The highest BCUT2D eigenvalue weighted by atomic mass is 16.5. The molecule has 20 heavy (non-hydrogen) atoms. The zero-order chi connectivity index (χ0) is 13.9. The molecule has 0 aromatic heterocycles. The van der Waals surface area contributed by atoms with Gasteiger partial charge in [-0.2, -0.15) is 5.26 Å². The average Bonchev–Trinajstić information content (AvgIpc) is 2.49. The van der Waals surface area contributed by atoms with E-state index in [2.05, 4.69) is 19.1 Å². The van der Waals surface area contributed by atoms with Crippen LogP contribution >= 0.6 is 0 Å². The van der Waals surface area contributed by atoms with Crippen molar-refractivity contribution in [2.45, 2.75) is 38.7 Å². The molecule has 0 atom stereocenters. The molecular weight excluding hydrogens is 246 g/mol. The van der Waals surface area contributed by atoms with Crippen molar-refractivity contribution in [1.29, 1.82) is 5.26 Å². The molecule has 1 saturated carbocycles. The van der Waals surface area contributed by atoms with E-state index in [-0.39, 0.29) is 0 Å². The van der Waals surface area contributed by atoms with E-state index in [0.29, 0.717) is 11.7 Å². The highest BCUT2D eigenvalue weighted by Crippen LogP contribution is 2.29. The number of nitriles is 1. The maximum absolute atomic E-state index is 8.91. The number of fused-ring (bicyclic) bond motifs is 1. The van der Waals surface area contributed by atoms with Crippen molar-refractivity contribution in [2.75, 3.05) is 0 Å². The first-order valence-electron chi connectivity index (χ1n) is 7.35. The Morgan fingerprint density at radius 1 is 1.00 bits per heavy atom. The smallest absolute Gasteiger partial charge is 0.120 e. The summed E-state index contributed by atoms with van der Waals surface area (Å²) in [5, 5.41) is 11.1. The molecule has 0 heterocycles. The monoisotopic (exact) mass is 265 g/mol. The second-order valence-corrected chi connectivity index (χ2v) is 5.84. The van der Waals surface area contributed by atoms with Gasteiger partial charge < -0.3 is 4.74 Å². The fourth-order valence-electron chi connectivity index (χ4n) is 2.91. The van der Waals surface area contributed by atoms with Crippen molar-refractivity contribution in [3.05, 3.63) is 42.0 Å². The Hall–Kier alpha value is -2.01. The lowest BCUT2D eigenvalue weighted by Crippen LogP contribution is -2.22. The van der Waals surface area contributed by atoms with E-state index in [9.17, 15) is 0 Å². The van der Waals surface area contributed by atoms with Gasteiger partial charge >= 0.3 is 0 Å². The third kappa shape index (κ3) is 2.77. The van der Waals surface area contributed by atoms with Crippen LogP contribution in [0.2, 0.25) is 0 Å². The van der Waals surface area contributed by atoms with E-state index in [1.807, 2.05) is 30.3 Å². The second kappa shape index (κ2) is 5.54. The van der Waals surface area contributed by atoms with Crippen LogP contribution in [0.4, 0.5) is 0 Å². The van der Waals surface area contributed by atoms with Crippen LogP contribution in [-0.2, 0) is 0 Å². The lowest BCUT2D eigenvalue weighted by molar-refractivity contribution is 0.136. The molecule has 102 valence electrons. The predicted molar refractivity (Wildman–Crippen MR) is 80.7 cm³/mol. The predicted octanol–water partition coefficient (Wildman–Crippen LogP) is 4.67. The molecule has 1 aliphatic carbocycles. The molecule has 2 nitrogen and oxygen atoms in total. The van der Waals surface area contributed by atoms with Gasteiger partial charge in [0.25, 0.3) is 0 Å². The number of benzene rings is 2. The van der Waals surface area contributed by atoms with Gasteiger partial charge in [0.1, 0.15) is 5.75 Å². The third-order valence-corrected chi connectivity index (χ3v) is 4.21. The normalized spacial score (nSPS) is 22.4. The molecule has 1 aliphatic rings. The number of hydrogen-bond donors (Lipinski definition) is 0. The summed E-state index contributed by atoms with van der Waals surface area (Å²) < 4.78 is 6.10. The van der Waals surface area contributed by atoms with Gasteiger partial charge in [0, 0.05) is 0 Å². The van der Waals surface area contributed by atoms with Crippen LogP contribution in [-0.4, -0.2) is 6.10 Å². The van der Waals surface area contributed by atoms with E-state index >= 15 is 0 Å². The zero-order valence-corrected chi connectivity index (χ0v) is 11.8. The minimum Gasteiger partial charge on any atom is -0.490 e. The summed E-state index contributed by atoms with van der Waals surface area (Å²) in [5.74, 6) is 1.79. The van der Waals surface area contributed by atoms with Crippen LogP contribution in [0.5, 0.6) is 5.75 Å². The number of rotatable bonds is 2. The van der Waals surface area contributed by atoms with Gasteiger partial charge in [-0.15, -0.1) is 0 Å².